The van der Waals surface area contributed by atoms with Crippen molar-refractivity contribution in [2.45, 2.75) is 26.7 Å². The molecule has 0 saturated heterocycles. The highest BCUT2D eigenvalue weighted by Gasteiger charge is 2.61. The number of benzene rings is 1. The number of esters is 1. The molecule has 1 saturated carbocycles. The van der Waals surface area contributed by atoms with E-state index < -0.39 is 0 Å². The van der Waals surface area contributed by atoms with Crippen molar-refractivity contribution in [3.8, 4) is 0 Å². The van der Waals surface area contributed by atoms with Crippen LogP contribution in [0.3, 0.4) is 0 Å². The van der Waals surface area contributed by atoms with Crippen LogP contribution in [0.5, 0.6) is 0 Å². The Hall–Kier alpha value is -1.57. The van der Waals surface area contributed by atoms with Gasteiger partial charge in [-0.05, 0) is 23.3 Å². The third-order valence-electron chi connectivity index (χ3n) is 4.79. The molecule has 0 heterocycles. The fourth-order valence-electron chi connectivity index (χ4n) is 3.32. The average Bonchev–Trinajstić information content (AvgIpc) is 2.98. The first-order chi connectivity index (χ1) is 9.00. The van der Waals surface area contributed by atoms with Crippen LogP contribution >= 0.6 is 0 Å². The van der Waals surface area contributed by atoms with Gasteiger partial charge in [-0.15, -0.1) is 0 Å². The molecule has 0 aliphatic heterocycles. The van der Waals surface area contributed by atoms with E-state index in [0.29, 0.717) is 24.4 Å². The lowest BCUT2D eigenvalue weighted by Crippen LogP contribution is -2.15. The van der Waals surface area contributed by atoms with Gasteiger partial charge >= 0.3 is 5.97 Å². The van der Waals surface area contributed by atoms with Crippen LogP contribution in [0.25, 0.3) is 0 Å². The van der Waals surface area contributed by atoms with Crippen molar-refractivity contribution in [1.82, 2.24) is 0 Å². The number of hydrogen-bond acceptors (Lipinski definition) is 2. The molecule has 1 aliphatic rings. The van der Waals surface area contributed by atoms with Crippen LogP contribution in [0, 0.1) is 17.3 Å². The predicted molar refractivity (Wildman–Crippen MR) is 76.8 cm³/mol. The van der Waals surface area contributed by atoms with Crippen LogP contribution < -0.4 is 0 Å². The van der Waals surface area contributed by atoms with Gasteiger partial charge in [-0.2, -0.15) is 0 Å². The summed E-state index contributed by atoms with van der Waals surface area (Å²) in [5.74, 6) is 1.29. The van der Waals surface area contributed by atoms with E-state index in [-0.39, 0.29) is 11.4 Å². The maximum Gasteiger partial charge on any atom is 0.330 e. The first-order valence-corrected chi connectivity index (χ1v) is 6.85. The third kappa shape index (κ3) is 2.58. The Balaban J connectivity index is 2.03. The summed E-state index contributed by atoms with van der Waals surface area (Å²) in [6, 6.07) is 10.5. The summed E-state index contributed by atoms with van der Waals surface area (Å²) in [6.45, 7) is 10.6. The Kier molecular flexibility index (Phi) is 3.79. The summed E-state index contributed by atoms with van der Waals surface area (Å²) in [6.07, 6.45) is 1.23. The van der Waals surface area contributed by atoms with Crippen LogP contribution in [0.2, 0.25) is 0 Å². The molecule has 1 fully saturated rings. The smallest absolute Gasteiger partial charge is 0.330 e. The van der Waals surface area contributed by atoms with E-state index in [4.69, 9.17) is 4.74 Å². The van der Waals surface area contributed by atoms with Crippen LogP contribution in [0.1, 0.15) is 32.3 Å². The van der Waals surface area contributed by atoms with E-state index in [9.17, 15) is 4.79 Å². The summed E-state index contributed by atoms with van der Waals surface area (Å²) in [5.41, 5.74) is 1.45. The van der Waals surface area contributed by atoms with Gasteiger partial charge < -0.3 is 4.74 Å². The molecule has 102 valence electrons. The van der Waals surface area contributed by atoms with Gasteiger partial charge in [-0.3, -0.25) is 0 Å². The van der Waals surface area contributed by atoms with Crippen LogP contribution in [-0.4, -0.2) is 12.6 Å². The minimum Gasteiger partial charge on any atom is -0.462 e. The van der Waals surface area contributed by atoms with Crippen LogP contribution in [0.4, 0.5) is 0 Å². The molecular weight excluding hydrogens is 236 g/mol. The molecule has 2 heteroatoms. The lowest BCUT2D eigenvalue weighted by molar-refractivity contribution is -0.139. The standard InChI is InChI=1S/C17H22O2/c1-5-15(18)19-11-17(4)13(3)16(17)12(2)14-9-7-6-8-10-14/h5-10,12-13,16H,1,11H2,2-4H3/t12-,13?,16?,17-/m1/s1. The zero-order valence-corrected chi connectivity index (χ0v) is 11.9. The molecule has 0 amide bonds. The Labute approximate surface area is 115 Å². The zero-order valence-electron chi connectivity index (χ0n) is 11.9. The van der Waals surface area contributed by atoms with Gasteiger partial charge in [0.25, 0.3) is 0 Å². The number of carbonyl (C=O) groups excluding carboxylic acids is 1. The van der Waals surface area contributed by atoms with Crippen molar-refractivity contribution in [3.05, 3.63) is 48.6 Å². The van der Waals surface area contributed by atoms with Crippen molar-refractivity contribution in [2.75, 3.05) is 6.61 Å². The van der Waals surface area contributed by atoms with Gasteiger partial charge in [-0.1, -0.05) is 57.7 Å². The summed E-state index contributed by atoms with van der Waals surface area (Å²) in [7, 11) is 0. The highest BCUT2D eigenvalue weighted by atomic mass is 16.5. The zero-order chi connectivity index (χ0) is 14.0. The second kappa shape index (κ2) is 5.20. The van der Waals surface area contributed by atoms with Crippen molar-refractivity contribution < 1.29 is 9.53 Å². The molecule has 2 nitrogen and oxygen atoms in total. The lowest BCUT2D eigenvalue weighted by Gasteiger charge is -2.16. The topological polar surface area (TPSA) is 26.3 Å². The lowest BCUT2D eigenvalue weighted by atomic mass is 9.91. The fraction of sp³-hybridized carbons (Fsp3) is 0.471. The quantitative estimate of drug-likeness (QED) is 0.593. The van der Waals surface area contributed by atoms with Crippen molar-refractivity contribution >= 4 is 5.97 Å². The molecule has 0 spiro atoms. The van der Waals surface area contributed by atoms with Gasteiger partial charge in [0.2, 0.25) is 0 Å². The molecule has 2 unspecified atom stereocenters. The Morgan fingerprint density at radius 2 is 2.11 bits per heavy atom. The van der Waals surface area contributed by atoms with E-state index in [2.05, 4.69) is 51.6 Å². The van der Waals surface area contributed by atoms with Crippen molar-refractivity contribution in [3.63, 3.8) is 0 Å². The minimum atomic E-state index is -0.327. The molecule has 0 N–H and O–H groups in total. The predicted octanol–water partition coefficient (Wildman–Crippen LogP) is 3.79. The van der Waals surface area contributed by atoms with E-state index in [1.54, 1.807) is 0 Å². The van der Waals surface area contributed by atoms with Gasteiger partial charge in [0.05, 0.1) is 6.61 Å². The van der Waals surface area contributed by atoms with Crippen molar-refractivity contribution in [2.24, 2.45) is 17.3 Å². The number of rotatable bonds is 5. The number of carbonyl (C=O) groups is 1. The first-order valence-electron chi connectivity index (χ1n) is 6.85. The van der Waals surface area contributed by atoms with Crippen molar-refractivity contribution in [1.29, 1.82) is 0 Å². The van der Waals surface area contributed by atoms with Crippen LogP contribution in [-0.2, 0) is 9.53 Å². The third-order valence-corrected chi connectivity index (χ3v) is 4.79. The van der Waals surface area contributed by atoms with E-state index in [1.165, 1.54) is 11.6 Å². The van der Waals surface area contributed by atoms with E-state index >= 15 is 0 Å². The molecular formula is C17H22O2. The highest BCUT2D eigenvalue weighted by Crippen LogP contribution is 2.64. The molecule has 2 rings (SSSR count). The first kappa shape index (κ1) is 13.9. The summed E-state index contributed by atoms with van der Waals surface area (Å²) in [4.78, 5) is 11.2. The summed E-state index contributed by atoms with van der Waals surface area (Å²) < 4.78 is 5.25. The Morgan fingerprint density at radius 1 is 1.47 bits per heavy atom. The molecule has 1 aliphatic carbocycles. The molecule has 0 radical (unpaired) electrons. The molecule has 0 bridgehead atoms. The van der Waals surface area contributed by atoms with E-state index in [1.807, 2.05) is 6.07 Å². The maximum atomic E-state index is 11.2. The number of hydrogen-bond donors (Lipinski definition) is 0. The number of ether oxygens (including phenoxy) is 1. The summed E-state index contributed by atoms with van der Waals surface area (Å²) in [5, 5.41) is 0. The fourth-order valence-corrected chi connectivity index (χ4v) is 3.32. The van der Waals surface area contributed by atoms with Gasteiger partial charge in [0.1, 0.15) is 0 Å². The highest BCUT2D eigenvalue weighted by molar-refractivity contribution is 5.81. The Morgan fingerprint density at radius 3 is 2.68 bits per heavy atom. The normalized spacial score (nSPS) is 30.5. The second-order valence-electron chi connectivity index (χ2n) is 5.83. The largest absolute Gasteiger partial charge is 0.462 e. The minimum absolute atomic E-state index is 0.0912. The molecule has 0 aromatic heterocycles. The molecule has 4 atom stereocenters. The second-order valence-corrected chi connectivity index (χ2v) is 5.83. The van der Waals surface area contributed by atoms with E-state index in [0.717, 1.165) is 0 Å². The molecule has 1 aromatic carbocycles. The monoisotopic (exact) mass is 258 g/mol. The maximum absolute atomic E-state index is 11.2. The SMILES string of the molecule is C=CC(=O)OC[C@]1(C)C(C)C1[C@H](C)c1ccccc1. The van der Waals surface area contributed by atoms with Gasteiger partial charge in [0, 0.05) is 11.5 Å². The van der Waals surface area contributed by atoms with Gasteiger partial charge in [-0.25, -0.2) is 4.79 Å². The van der Waals surface area contributed by atoms with Crippen LogP contribution in [0.15, 0.2) is 43.0 Å². The molecule has 1 aromatic rings. The summed E-state index contributed by atoms with van der Waals surface area (Å²) >= 11 is 0. The van der Waals surface area contributed by atoms with Gasteiger partial charge in [0.15, 0.2) is 0 Å². The molecule has 19 heavy (non-hydrogen) atoms. The average molecular weight is 258 g/mol. The Bertz CT molecular complexity index is 465.